The van der Waals surface area contributed by atoms with Crippen molar-refractivity contribution in [3.8, 4) is 5.75 Å². The van der Waals surface area contributed by atoms with Crippen molar-refractivity contribution in [1.82, 2.24) is 0 Å². The second-order valence-corrected chi connectivity index (χ2v) is 4.89. The minimum absolute atomic E-state index is 0.360. The quantitative estimate of drug-likeness (QED) is 0.887. The molecule has 0 aliphatic rings. The Labute approximate surface area is 114 Å². The van der Waals surface area contributed by atoms with E-state index >= 15 is 0 Å². The maximum atomic E-state index is 9.55. The predicted molar refractivity (Wildman–Crippen MR) is 77.3 cm³/mol. The van der Waals surface area contributed by atoms with E-state index in [1.54, 1.807) is 6.92 Å². The predicted octanol–water partition coefficient (Wildman–Crippen LogP) is 3.50. The van der Waals surface area contributed by atoms with Crippen molar-refractivity contribution in [3.63, 3.8) is 0 Å². The second-order valence-electron chi connectivity index (χ2n) is 4.89. The van der Waals surface area contributed by atoms with Gasteiger partial charge in [0.2, 0.25) is 0 Å². The van der Waals surface area contributed by atoms with Gasteiger partial charge in [-0.15, -0.1) is 0 Å². The molecule has 100 valence electrons. The molecule has 2 aromatic carbocycles. The second kappa shape index (κ2) is 6.39. The molecule has 0 spiro atoms. The molecule has 0 aromatic heterocycles. The lowest BCUT2D eigenvalue weighted by Crippen LogP contribution is -2.07. The number of ether oxygens (including phenoxy) is 1. The van der Waals surface area contributed by atoms with Gasteiger partial charge in [-0.2, -0.15) is 0 Å². The monoisotopic (exact) mass is 256 g/mol. The van der Waals surface area contributed by atoms with Crippen LogP contribution in [0.1, 0.15) is 23.6 Å². The zero-order valence-electron chi connectivity index (χ0n) is 11.5. The first-order valence-corrected chi connectivity index (χ1v) is 6.60. The van der Waals surface area contributed by atoms with E-state index in [2.05, 4.69) is 0 Å². The van der Waals surface area contributed by atoms with Crippen LogP contribution in [0.3, 0.4) is 0 Å². The number of aryl methyl sites for hydroxylation is 1. The first kappa shape index (κ1) is 13.6. The standard InChI is InChI=1S/C17H20O2/c1-13-7-6-10-16(11-14(2)18)17(13)19-12-15-8-4-3-5-9-15/h3-10,14,18H,11-12H2,1-2H3/t14-/m0/s1. The number of para-hydroxylation sites is 1. The number of aliphatic hydroxyl groups is 1. The SMILES string of the molecule is Cc1cccc(C[C@H](C)O)c1OCc1ccccc1. The summed E-state index contributed by atoms with van der Waals surface area (Å²) < 4.78 is 5.94. The maximum absolute atomic E-state index is 9.55. The summed E-state index contributed by atoms with van der Waals surface area (Å²) in [6, 6.07) is 16.2. The van der Waals surface area contributed by atoms with Gasteiger partial charge in [-0.25, -0.2) is 0 Å². The summed E-state index contributed by atoms with van der Waals surface area (Å²) in [5.74, 6) is 0.896. The van der Waals surface area contributed by atoms with E-state index in [4.69, 9.17) is 4.74 Å². The molecule has 2 heteroatoms. The number of hydrogen-bond donors (Lipinski definition) is 1. The summed E-state index contributed by atoms with van der Waals surface area (Å²) in [5.41, 5.74) is 3.31. The molecule has 0 aliphatic carbocycles. The van der Waals surface area contributed by atoms with E-state index in [1.807, 2.05) is 55.5 Å². The van der Waals surface area contributed by atoms with Crippen LogP contribution in [0.2, 0.25) is 0 Å². The Hall–Kier alpha value is -1.80. The Bertz CT molecular complexity index is 518. The van der Waals surface area contributed by atoms with Gasteiger partial charge in [-0.3, -0.25) is 0 Å². The molecule has 19 heavy (non-hydrogen) atoms. The zero-order chi connectivity index (χ0) is 13.7. The normalized spacial score (nSPS) is 12.2. The van der Waals surface area contributed by atoms with Gasteiger partial charge in [-0.1, -0.05) is 48.5 Å². The van der Waals surface area contributed by atoms with Crippen LogP contribution in [0.25, 0.3) is 0 Å². The van der Waals surface area contributed by atoms with Gasteiger partial charge in [0.25, 0.3) is 0 Å². The Morgan fingerprint density at radius 2 is 1.79 bits per heavy atom. The van der Waals surface area contributed by atoms with Crippen LogP contribution in [0.4, 0.5) is 0 Å². The lowest BCUT2D eigenvalue weighted by Gasteiger charge is -2.15. The molecular weight excluding hydrogens is 236 g/mol. The maximum Gasteiger partial charge on any atom is 0.125 e. The van der Waals surface area contributed by atoms with Crippen molar-refractivity contribution in [1.29, 1.82) is 0 Å². The lowest BCUT2D eigenvalue weighted by molar-refractivity contribution is 0.193. The fraction of sp³-hybridized carbons (Fsp3) is 0.294. The zero-order valence-corrected chi connectivity index (χ0v) is 11.5. The van der Waals surface area contributed by atoms with Crippen LogP contribution >= 0.6 is 0 Å². The summed E-state index contributed by atoms with van der Waals surface area (Å²) in [6.07, 6.45) is 0.257. The van der Waals surface area contributed by atoms with Gasteiger partial charge in [0.1, 0.15) is 12.4 Å². The van der Waals surface area contributed by atoms with Gasteiger partial charge in [-0.05, 0) is 30.5 Å². The molecule has 1 N–H and O–H groups in total. The third-order valence-corrected chi connectivity index (χ3v) is 3.03. The van der Waals surface area contributed by atoms with Gasteiger partial charge < -0.3 is 9.84 Å². The fourth-order valence-electron chi connectivity index (χ4n) is 2.13. The van der Waals surface area contributed by atoms with Crippen LogP contribution in [-0.4, -0.2) is 11.2 Å². The van der Waals surface area contributed by atoms with Crippen LogP contribution < -0.4 is 4.74 Å². The molecule has 2 aromatic rings. The van der Waals surface area contributed by atoms with Crippen LogP contribution in [0, 0.1) is 6.92 Å². The minimum atomic E-state index is -0.360. The molecule has 0 saturated heterocycles. The summed E-state index contributed by atoms with van der Waals surface area (Å²) in [4.78, 5) is 0. The minimum Gasteiger partial charge on any atom is -0.488 e. The van der Waals surface area contributed by atoms with E-state index in [1.165, 1.54) is 0 Å². The highest BCUT2D eigenvalue weighted by atomic mass is 16.5. The van der Waals surface area contributed by atoms with E-state index < -0.39 is 0 Å². The Kier molecular flexibility index (Phi) is 4.58. The van der Waals surface area contributed by atoms with E-state index in [9.17, 15) is 5.11 Å². The molecule has 0 amide bonds. The van der Waals surface area contributed by atoms with Gasteiger partial charge >= 0.3 is 0 Å². The fourth-order valence-corrected chi connectivity index (χ4v) is 2.13. The molecule has 0 bridgehead atoms. The number of aliphatic hydroxyl groups excluding tert-OH is 1. The molecule has 0 unspecified atom stereocenters. The molecule has 2 rings (SSSR count). The average molecular weight is 256 g/mol. The van der Waals surface area contributed by atoms with Crippen LogP contribution in [0.15, 0.2) is 48.5 Å². The Morgan fingerprint density at radius 3 is 2.47 bits per heavy atom. The van der Waals surface area contributed by atoms with E-state index in [0.29, 0.717) is 13.0 Å². The number of benzene rings is 2. The molecular formula is C17H20O2. The van der Waals surface area contributed by atoms with Gasteiger partial charge in [0.05, 0.1) is 6.10 Å². The van der Waals surface area contributed by atoms with Gasteiger partial charge in [0.15, 0.2) is 0 Å². The summed E-state index contributed by atoms with van der Waals surface area (Å²) in [5, 5.41) is 9.55. The van der Waals surface area contributed by atoms with Crippen LogP contribution in [0.5, 0.6) is 5.75 Å². The summed E-state index contributed by atoms with van der Waals surface area (Å²) in [7, 11) is 0. The number of rotatable bonds is 5. The largest absolute Gasteiger partial charge is 0.488 e. The van der Waals surface area contributed by atoms with E-state index in [-0.39, 0.29) is 6.10 Å². The summed E-state index contributed by atoms with van der Waals surface area (Å²) in [6.45, 7) is 4.38. The van der Waals surface area contributed by atoms with Crippen molar-refractivity contribution in [3.05, 3.63) is 65.2 Å². The average Bonchev–Trinajstić information content (AvgIpc) is 2.38. The molecule has 0 saturated carbocycles. The molecule has 0 radical (unpaired) electrons. The first-order chi connectivity index (χ1) is 9.16. The van der Waals surface area contributed by atoms with Crippen molar-refractivity contribution in [2.75, 3.05) is 0 Å². The smallest absolute Gasteiger partial charge is 0.125 e. The molecule has 0 aliphatic heterocycles. The summed E-state index contributed by atoms with van der Waals surface area (Å²) >= 11 is 0. The third-order valence-electron chi connectivity index (χ3n) is 3.03. The van der Waals surface area contributed by atoms with Crippen molar-refractivity contribution >= 4 is 0 Å². The highest BCUT2D eigenvalue weighted by molar-refractivity contribution is 5.41. The Balaban J connectivity index is 2.14. The van der Waals surface area contributed by atoms with Crippen LogP contribution in [-0.2, 0) is 13.0 Å². The Morgan fingerprint density at radius 1 is 1.05 bits per heavy atom. The van der Waals surface area contributed by atoms with Crippen molar-refractivity contribution in [2.45, 2.75) is 33.0 Å². The molecule has 2 nitrogen and oxygen atoms in total. The van der Waals surface area contributed by atoms with E-state index in [0.717, 1.165) is 22.4 Å². The highest BCUT2D eigenvalue weighted by Gasteiger charge is 2.09. The molecule has 1 atom stereocenters. The van der Waals surface area contributed by atoms with Crippen molar-refractivity contribution < 1.29 is 9.84 Å². The third kappa shape index (κ3) is 3.83. The molecule has 0 fully saturated rings. The van der Waals surface area contributed by atoms with Crippen molar-refractivity contribution in [2.24, 2.45) is 0 Å². The topological polar surface area (TPSA) is 29.5 Å². The van der Waals surface area contributed by atoms with Gasteiger partial charge in [0, 0.05) is 6.42 Å². The first-order valence-electron chi connectivity index (χ1n) is 6.60. The lowest BCUT2D eigenvalue weighted by atomic mass is 10.0. The molecule has 0 heterocycles. The highest BCUT2D eigenvalue weighted by Crippen LogP contribution is 2.25. The number of hydrogen-bond acceptors (Lipinski definition) is 2.